The zero-order chi connectivity index (χ0) is 12.3. The molecule has 0 saturated carbocycles. The highest BCUT2D eigenvalue weighted by Crippen LogP contribution is 2.08. The minimum absolute atomic E-state index is 0.230. The maximum atomic E-state index is 11.7. The van der Waals surface area contributed by atoms with Crippen molar-refractivity contribution in [1.29, 1.82) is 0 Å². The van der Waals surface area contributed by atoms with E-state index in [1.165, 1.54) is 11.3 Å². The smallest absolute Gasteiger partial charge is 0.271 e. The van der Waals surface area contributed by atoms with Crippen molar-refractivity contribution in [3.8, 4) is 12.3 Å². The number of terminal acetylenes is 1. The first-order valence-electron chi connectivity index (χ1n) is 4.87. The molecule has 2 rings (SSSR count). The van der Waals surface area contributed by atoms with Gasteiger partial charge in [-0.2, -0.15) is 5.10 Å². The molecule has 2 heterocycles. The number of aryl methyl sites for hydroxylation is 1. The zero-order valence-corrected chi connectivity index (χ0v) is 9.99. The first-order chi connectivity index (χ1) is 8.19. The number of aromatic nitrogens is 3. The Morgan fingerprint density at radius 1 is 1.71 bits per heavy atom. The molecule has 17 heavy (non-hydrogen) atoms. The van der Waals surface area contributed by atoms with Gasteiger partial charge in [0.1, 0.15) is 5.69 Å². The summed E-state index contributed by atoms with van der Waals surface area (Å²) in [5.74, 6) is 2.16. The maximum absolute atomic E-state index is 11.7. The molecule has 2 aromatic rings. The molecule has 5 nitrogen and oxygen atoms in total. The molecule has 1 N–H and O–H groups in total. The minimum Gasteiger partial charge on any atom is -0.346 e. The molecule has 0 aliphatic carbocycles. The lowest BCUT2D eigenvalue weighted by molar-refractivity contribution is 0.0946. The first kappa shape index (κ1) is 11.4. The van der Waals surface area contributed by atoms with Crippen LogP contribution in [0.3, 0.4) is 0 Å². The summed E-state index contributed by atoms with van der Waals surface area (Å²) in [4.78, 5) is 15.7. The molecule has 0 aromatic carbocycles. The Hall–Kier alpha value is -2.13. The summed E-state index contributed by atoms with van der Waals surface area (Å²) in [6, 6.07) is 0. The average molecular weight is 246 g/mol. The second-order valence-electron chi connectivity index (χ2n) is 3.39. The van der Waals surface area contributed by atoms with Crippen molar-refractivity contribution in [2.45, 2.75) is 6.54 Å². The summed E-state index contributed by atoms with van der Waals surface area (Å²) >= 11 is 1.28. The SMILES string of the molecule is C#Cc1nc(C(=O)NCc2cnn(C)c2)cs1. The number of hydrogen-bond donors (Lipinski definition) is 1. The number of hydrogen-bond acceptors (Lipinski definition) is 4. The number of rotatable bonds is 3. The van der Waals surface area contributed by atoms with E-state index >= 15 is 0 Å². The van der Waals surface area contributed by atoms with Gasteiger partial charge in [-0.05, 0) is 5.92 Å². The fourth-order valence-electron chi connectivity index (χ4n) is 1.28. The van der Waals surface area contributed by atoms with Crippen LogP contribution in [0.25, 0.3) is 0 Å². The predicted molar refractivity (Wildman–Crippen MR) is 64.4 cm³/mol. The van der Waals surface area contributed by atoms with Crippen molar-refractivity contribution < 1.29 is 4.79 Å². The molecule has 0 aliphatic rings. The second kappa shape index (κ2) is 4.80. The summed E-state index contributed by atoms with van der Waals surface area (Å²) in [6.45, 7) is 0.426. The molecule has 0 spiro atoms. The number of carbonyl (C=O) groups is 1. The third kappa shape index (κ3) is 2.71. The van der Waals surface area contributed by atoms with E-state index in [9.17, 15) is 4.79 Å². The third-order valence-electron chi connectivity index (χ3n) is 2.07. The zero-order valence-electron chi connectivity index (χ0n) is 9.17. The van der Waals surface area contributed by atoms with E-state index in [0.29, 0.717) is 17.2 Å². The van der Waals surface area contributed by atoms with Crippen LogP contribution in [0.2, 0.25) is 0 Å². The predicted octanol–water partition coefficient (Wildman–Crippen LogP) is 0.788. The highest BCUT2D eigenvalue weighted by molar-refractivity contribution is 7.10. The maximum Gasteiger partial charge on any atom is 0.271 e. The Balaban J connectivity index is 1.96. The van der Waals surface area contributed by atoms with Crippen molar-refractivity contribution in [2.24, 2.45) is 7.05 Å². The van der Waals surface area contributed by atoms with Crippen molar-refractivity contribution in [3.05, 3.63) is 34.0 Å². The highest BCUT2D eigenvalue weighted by Gasteiger charge is 2.09. The summed E-state index contributed by atoms with van der Waals surface area (Å²) in [5.41, 5.74) is 1.29. The van der Waals surface area contributed by atoms with Gasteiger partial charge < -0.3 is 5.32 Å². The van der Waals surface area contributed by atoms with E-state index in [1.54, 1.807) is 16.3 Å². The van der Waals surface area contributed by atoms with Gasteiger partial charge in [-0.1, -0.05) is 0 Å². The Bertz CT molecular complexity index is 578. The summed E-state index contributed by atoms with van der Waals surface area (Å²) in [5, 5.41) is 8.92. The van der Waals surface area contributed by atoms with Crippen LogP contribution < -0.4 is 5.32 Å². The number of nitrogens with zero attached hydrogens (tertiary/aromatic N) is 3. The highest BCUT2D eigenvalue weighted by atomic mass is 32.1. The number of thiazole rings is 1. The van der Waals surface area contributed by atoms with Crippen LogP contribution in [-0.4, -0.2) is 20.7 Å². The normalized spacial score (nSPS) is 9.88. The number of amides is 1. The molecule has 0 radical (unpaired) electrons. The molecule has 1 amide bonds. The van der Waals surface area contributed by atoms with Gasteiger partial charge in [0, 0.05) is 30.7 Å². The minimum atomic E-state index is -0.230. The van der Waals surface area contributed by atoms with Gasteiger partial charge in [0.05, 0.1) is 6.20 Å². The van der Waals surface area contributed by atoms with Gasteiger partial charge in [-0.15, -0.1) is 17.8 Å². The van der Waals surface area contributed by atoms with E-state index < -0.39 is 0 Å². The molecular formula is C11H10N4OS. The van der Waals surface area contributed by atoms with Gasteiger partial charge in [-0.3, -0.25) is 9.48 Å². The fourth-order valence-corrected chi connectivity index (χ4v) is 1.88. The third-order valence-corrected chi connectivity index (χ3v) is 2.85. The molecule has 0 aliphatic heterocycles. The lowest BCUT2D eigenvalue weighted by atomic mass is 10.3. The fraction of sp³-hybridized carbons (Fsp3) is 0.182. The Kier molecular flexibility index (Phi) is 3.21. The first-order valence-corrected chi connectivity index (χ1v) is 5.75. The second-order valence-corrected chi connectivity index (χ2v) is 4.25. The van der Waals surface area contributed by atoms with E-state index in [0.717, 1.165) is 5.56 Å². The molecule has 0 atom stereocenters. The van der Waals surface area contributed by atoms with Crippen LogP contribution in [0.5, 0.6) is 0 Å². The summed E-state index contributed by atoms with van der Waals surface area (Å²) in [7, 11) is 1.82. The molecule has 86 valence electrons. The summed E-state index contributed by atoms with van der Waals surface area (Å²) in [6.07, 6.45) is 8.73. The van der Waals surface area contributed by atoms with Gasteiger partial charge in [-0.25, -0.2) is 4.98 Å². The molecule has 2 aromatic heterocycles. The van der Waals surface area contributed by atoms with E-state index in [-0.39, 0.29) is 5.91 Å². The molecule has 0 saturated heterocycles. The molecule has 0 fully saturated rings. The quantitative estimate of drug-likeness (QED) is 0.814. The van der Waals surface area contributed by atoms with Gasteiger partial charge in [0.25, 0.3) is 5.91 Å². The molecule has 0 unspecified atom stereocenters. The van der Waals surface area contributed by atoms with E-state index in [4.69, 9.17) is 6.42 Å². The van der Waals surface area contributed by atoms with Gasteiger partial charge >= 0.3 is 0 Å². The van der Waals surface area contributed by atoms with Crippen molar-refractivity contribution in [2.75, 3.05) is 0 Å². The van der Waals surface area contributed by atoms with E-state index in [1.807, 2.05) is 13.2 Å². The van der Waals surface area contributed by atoms with Crippen molar-refractivity contribution >= 4 is 17.2 Å². The van der Waals surface area contributed by atoms with Gasteiger partial charge in [0.2, 0.25) is 0 Å². The van der Waals surface area contributed by atoms with Crippen LogP contribution in [0.1, 0.15) is 21.1 Å². The van der Waals surface area contributed by atoms with Crippen LogP contribution in [0.4, 0.5) is 0 Å². The Morgan fingerprint density at radius 2 is 2.53 bits per heavy atom. The van der Waals surface area contributed by atoms with Crippen LogP contribution in [0, 0.1) is 12.3 Å². The Morgan fingerprint density at radius 3 is 3.12 bits per heavy atom. The lowest BCUT2D eigenvalue weighted by Gasteiger charge is -1.99. The molecule has 6 heteroatoms. The monoisotopic (exact) mass is 246 g/mol. The van der Waals surface area contributed by atoms with Crippen LogP contribution in [-0.2, 0) is 13.6 Å². The van der Waals surface area contributed by atoms with Crippen molar-refractivity contribution in [3.63, 3.8) is 0 Å². The number of nitrogens with one attached hydrogen (secondary N) is 1. The Labute approximate surface area is 102 Å². The van der Waals surface area contributed by atoms with Crippen LogP contribution >= 0.6 is 11.3 Å². The van der Waals surface area contributed by atoms with E-state index in [2.05, 4.69) is 21.3 Å². The standard InChI is InChI=1S/C11H10N4OS/c1-3-10-14-9(7-17-10)11(16)12-4-8-5-13-15(2)6-8/h1,5-7H,4H2,2H3,(H,12,16). The lowest BCUT2D eigenvalue weighted by Crippen LogP contribution is -2.22. The summed E-state index contributed by atoms with van der Waals surface area (Å²) < 4.78 is 1.68. The number of carbonyl (C=O) groups excluding carboxylic acids is 1. The average Bonchev–Trinajstić information content (AvgIpc) is 2.94. The molecular weight excluding hydrogens is 236 g/mol. The van der Waals surface area contributed by atoms with Crippen molar-refractivity contribution in [1.82, 2.24) is 20.1 Å². The van der Waals surface area contributed by atoms with Crippen LogP contribution in [0.15, 0.2) is 17.8 Å². The van der Waals surface area contributed by atoms with Gasteiger partial charge in [0.15, 0.2) is 5.01 Å². The topological polar surface area (TPSA) is 59.8 Å². The molecule has 0 bridgehead atoms. The largest absolute Gasteiger partial charge is 0.346 e.